The largest absolute Gasteiger partial charge is 0.497 e. The summed E-state index contributed by atoms with van der Waals surface area (Å²) in [7, 11) is 1.52. The van der Waals surface area contributed by atoms with Gasteiger partial charge in [0.1, 0.15) is 16.9 Å². The molecule has 1 amide bonds. The highest BCUT2D eigenvalue weighted by molar-refractivity contribution is 6.44. The number of carbonyl (C=O) groups is 1. The Kier molecular flexibility index (Phi) is 4.46. The van der Waals surface area contributed by atoms with Crippen molar-refractivity contribution in [1.82, 2.24) is 0 Å². The van der Waals surface area contributed by atoms with E-state index in [-0.39, 0.29) is 10.6 Å². The van der Waals surface area contributed by atoms with E-state index in [1.54, 1.807) is 36.4 Å². The summed E-state index contributed by atoms with van der Waals surface area (Å²) >= 11 is 11.9. The number of nitrogens with one attached hydrogen (secondary N) is 1. The Bertz CT molecular complexity index is 998. The van der Waals surface area contributed by atoms with E-state index < -0.39 is 11.5 Å². The number of hydrogen-bond acceptors (Lipinski definition) is 4. The predicted octanol–water partition coefficient (Wildman–Crippen LogP) is 4.36. The topological polar surface area (TPSA) is 68.5 Å². The molecule has 0 aliphatic heterocycles. The van der Waals surface area contributed by atoms with Gasteiger partial charge in [0, 0.05) is 5.39 Å². The van der Waals surface area contributed by atoms with Crippen molar-refractivity contribution < 1.29 is 13.9 Å². The molecule has 0 aliphatic carbocycles. The van der Waals surface area contributed by atoms with Gasteiger partial charge in [0.05, 0.1) is 22.8 Å². The lowest BCUT2D eigenvalue weighted by atomic mass is 10.1. The quantitative estimate of drug-likeness (QED) is 0.701. The smallest absolute Gasteiger partial charge is 0.349 e. The third-order valence-electron chi connectivity index (χ3n) is 3.38. The summed E-state index contributed by atoms with van der Waals surface area (Å²) < 4.78 is 10.3. The van der Waals surface area contributed by atoms with Crippen molar-refractivity contribution in [3.8, 4) is 5.75 Å². The Morgan fingerprint density at radius 1 is 1.17 bits per heavy atom. The SMILES string of the molecule is COc1ccc2oc(=O)c(C(=O)Nc3cccc(Cl)c3Cl)cc2c1. The first-order chi connectivity index (χ1) is 11.5. The van der Waals surface area contributed by atoms with Gasteiger partial charge in [0.15, 0.2) is 0 Å². The van der Waals surface area contributed by atoms with Gasteiger partial charge in [0.25, 0.3) is 5.91 Å². The monoisotopic (exact) mass is 363 g/mol. The fourth-order valence-corrected chi connectivity index (χ4v) is 2.52. The Labute approximate surface area is 146 Å². The van der Waals surface area contributed by atoms with Crippen LogP contribution in [0, 0.1) is 0 Å². The summed E-state index contributed by atoms with van der Waals surface area (Å²) in [6, 6.07) is 11.2. The number of carbonyl (C=O) groups excluding carboxylic acids is 1. The van der Waals surface area contributed by atoms with Crippen LogP contribution in [0.15, 0.2) is 51.7 Å². The van der Waals surface area contributed by atoms with E-state index in [0.717, 1.165) is 0 Å². The maximum Gasteiger partial charge on any atom is 0.349 e. The number of hydrogen-bond donors (Lipinski definition) is 1. The molecule has 1 N–H and O–H groups in total. The molecule has 0 bridgehead atoms. The van der Waals surface area contributed by atoms with Gasteiger partial charge in [-0.15, -0.1) is 0 Å². The number of fused-ring (bicyclic) bond motifs is 1. The van der Waals surface area contributed by atoms with Crippen molar-refractivity contribution in [1.29, 1.82) is 0 Å². The highest BCUT2D eigenvalue weighted by Gasteiger charge is 2.16. The number of halogens is 2. The van der Waals surface area contributed by atoms with Crippen LogP contribution in [0.5, 0.6) is 5.75 Å². The molecule has 0 saturated heterocycles. The average Bonchev–Trinajstić information content (AvgIpc) is 2.58. The van der Waals surface area contributed by atoms with Crippen molar-refractivity contribution >= 4 is 45.8 Å². The van der Waals surface area contributed by atoms with Crippen LogP contribution >= 0.6 is 23.2 Å². The summed E-state index contributed by atoms with van der Waals surface area (Å²) in [4.78, 5) is 24.4. The molecule has 122 valence electrons. The van der Waals surface area contributed by atoms with Gasteiger partial charge in [-0.2, -0.15) is 0 Å². The number of benzene rings is 2. The van der Waals surface area contributed by atoms with Gasteiger partial charge in [-0.25, -0.2) is 4.79 Å². The van der Waals surface area contributed by atoms with Crippen LogP contribution < -0.4 is 15.7 Å². The molecule has 3 aromatic rings. The Hall–Kier alpha value is -2.50. The number of amides is 1. The Morgan fingerprint density at radius 2 is 1.96 bits per heavy atom. The summed E-state index contributed by atoms with van der Waals surface area (Å²) in [5.74, 6) is -0.0572. The Balaban J connectivity index is 2.01. The van der Waals surface area contributed by atoms with Crippen molar-refractivity contribution in [2.45, 2.75) is 0 Å². The zero-order valence-corrected chi connectivity index (χ0v) is 13.9. The molecule has 0 fully saturated rings. The van der Waals surface area contributed by atoms with Gasteiger partial charge < -0.3 is 14.5 Å². The lowest BCUT2D eigenvalue weighted by Crippen LogP contribution is -2.20. The maximum absolute atomic E-state index is 12.4. The van der Waals surface area contributed by atoms with Crippen LogP contribution in [-0.4, -0.2) is 13.0 Å². The Morgan fingerprint density at radius 3 is 2.71 bits per heavy atom. The average molecular weight is 364 g/mol. The molecule has 2 aromatic carbocycles. The van der Waals surface area contributed by atoms with Crippen LogP contribution in [0.4, 0.5) is 5.69 Å². The molecular weight excluding hydrogens is 353 g/mol. The van der Waals surface area contributed by atoms with Gasteiger partial charge in [-0.1, -0.05) is 29.3 Å². The van der Waals surface area contributed by atoms with Crippen molar-refractivity contribution in [3.63, 3.8) is 0 Å². The van der Waals surface area contributed by atoms with Crippen LogP contribution in [0.2, 0.25) is 10.0 Å². The minimum Gasteiger partial charge on any atom is -0.497 e. The molecule has 7 heteroatoms. The number of ether oxygens (including phenoxy) is 1. The first-order valence-electron chi connectivity index (χ1n) is 6.87. The molecule has 0 spiro atoms. The predicted molar refractivity (Wildman–Crippen MR) is 93.5 cm³/mol. The summed E-state index contributed by atoms with van der Waals surface area (Å²) in [6.07, 6.45) is 0. The second-order valence-corrected chi connectivity index (χ2v) is 5.69. The first-order valence-corrected chi connectivity index (χ1v) is 7.62. The standard InChI is InChI=1S/C17H11Cl2NO4/c1-23-10-5-6-14-9(7-10)8-11(17(22)24-14)16(21)20-13-4-2-3-12(18)15(13)19/h2-8H,1H3,(H,20,21). The van der Waals surface area contributed by atoms with Crippen LogP contribution in [-0.2, 0) is 0 Å². The minimum absolute atomic E-state index is 0.146. The maximum atomic E-state index is 12.4. The van der Waals surface area contributed by atoms with E-state index in [4.69, 9.17) is 32.4 Å². The van der Waals surface area contributed by atoms with Crippen molar-refractivity contribution in [3.05, 3.63) is 68.5 Å². The lowest BCUT2D eigenvalue weighted by molar-refractivity contribution is 0.102. The van der Waals surface area contributed by atoms with E-state index in [9.17, 15) is 9.59 Å². The molecule has 5 nitrogen and oxygen atoms in total. The molecule has 0 radical (unpaired) electrons. The first kappa shape index (κ1) is 16.4. The van der Waals surface area contributed by atoms with Crippen LogP contribution in [0.3, 0.4) is 0 Å². The molecule has 1 aromatic heterocycles. The highest BCUT2D eigenvalue weighted by Crippen LogP contribution is 2.30. The molecule has 0 aliphatic rings. The molecule has 0 unspecified atom stereocenters. The normalized spacial score (nSPS) is 10.6. The lowest BCUT2D eigenvalue weighted by Gasteiger charge is -2.08. The third kappa shape index (κ3) is 3.09. The highest BCUT2D eigenvalue weighted by atomic mass is 35.5. The van der Waals surface area contributed by atoms with E-state index >= 15 is 0 Å². The van der Waals surface area contributed by atoms with Crippen molar-refractivity contribution in [2.24, 2.45) is 0 Å². The fourth-order valence-electron chi connectivity index (χ4n) is 2.18. The van der Waals surface area contributed by atoms with E-state index in [0.29, 0.717) is 27.4 Å². The van der Waals surface area contributed by atoms with E-state index in [1.807, 2.05) is 0 Å². The molecule has 0 atom stereocenters. The zero-order valence-electron chi connectivity index (χ0n) is 12.4. The van der Waals surface area contributed by atoms with Crippen molar-refractivity contribution in [2.75, 3.05) is 12.4 Å². The number of methoxy groups -OCH3 is 1. The van der Waals surface area contributed by atoms with Gasteiger partial charge in [-0.3, -0.25) is 4.79 Å². The molecule has 0 saturated carbocycles. The summed E-state index contributed by atoms with van der Waals surface area (Å²) in [5, 5.41) is 3.61. The second kappa shape index (κ2) is 6.55. The van der Waals surface area contributed by atoms with E-state index in [2.05, 4.69) is 5.32 Å². The molecular formula is C17H11Cl2NO4. The number of rotatable bonds is 3. The minimum atomic E-state index is -0.747. The molecule has 1 heterocycles. The molecule has 24 heavy (non-hydrogen) atoms. The van der Waals surface area contributed by atoms with Crippen LogP contribution in [0.1, 0.15) is 10.4 Å². The van der Waals surface area contributed by atoms with Gasteiger partial charge >= 0.3 is 5.63 Å². The summed E-state index contributed by atoms with van der Waals surface area (Å²) in [6.45, 7) is 0. The third-order valence-corrected chi connectivity index (χ3v) is 4.20. The zero-order chi connectivity index (χ0) is 17.3. The molecule has 3 rings (SSSR count). The summed E-state index contributed by atoms with van der Waals surface area (Å²) in [5.41, 5.74) is -0.229. The van der Waals surface area contributed by atoms with Gasteiger partial charge in [-0.05, 0) is 36.4 Å². The number of anilines is 1. The second-order valence-electron chi connectivity index (χ2n) is 4.91. The fraction of sp³-hybridized carbons (Fsp3) is 0.0588. The van der Waals surface area contributed by atoms with E-state index in [1.165, 1.54) is 13.2 Å². The van der Waals surface area contributed by atoms with Gasteiger partial charge in [0.2, 0.25) is 0 Å². The van der Waals surface area contributed by atoms with Crippen LogP contribution in [0.25, 0.3) is 11.0 Å².